The largest absolute Gasteiger partial charge is 0.490 e. The van der Waals surface area contributed by atoms with E-state index in [1.807, 2.05) is 25.6 Å². The zero-order valence-electron chi connectivity index (χ0n) is 24.0. The standard InChI is InChI=1S/C20H31N3O.3C2HF3O2/c1-24-15-19-12-20(7-10-22(11-8-20)18-5-2-6-18)16-23(19)14-17-4-3-9-21-13-17;3*3-2(4,5)1(6)7/h3-4,9,13,18-19H,2,5-8,10-12,14-16H2,1H3;3*(H,6,7). The van der Waals surface area contributed by atoms with Crippen LogP contribution in [0.3, 0.4) is 0 Å². The fraction of sp³-hybridized carbons (Fsp3) is 0.692. The molecular formula is C26H34F9N3O7. The molecule has 2 saturated heterocycles. The molecule has 1 aromatic rings. The molecule has 1 spiro atoms. The number of pyridine rings is 1. The Morgan fingerprint density at radius 2 is 1.38 bits per heavy atom. The highest BCUT2D eigenvalue weighted by molar-refractivity contribution is 5.73. The summed E-state index contributed by atoms with van der Waals surface area (Å²) in [4.78, 5) is 36.4. The Bertz CT molecular complexity index is 1020. The van der Waals surface area contributed by atoms with Crippen LogP contribution in [0.25, 0.3) is 0 Å². The first-order valence-corrected chi connectivity index (χ1v) is 13.4. The first-order chi connectivity index (χ1) is 20.6. The number of hydrogen-bond donors (Lipinski definition) is 3. The molecule has 0 amide bonds. The molecule has 1 atom stereocenters. The second-order valence-corrected chi connectivity index (χ2v) is 10.6. The van der Waals surface area contributed by atoms with E-state index < -0.39 is 36.4 Å². The maximum atomic E-state index is 10.6. The van der Waals surface area contributed by atoms with Gasteiger partial charge in [-0.2, -0.15) is 39.5 Å². The van der Waals surface area contributed by atoms with Crippen molar-refractivity contribution in [3.05, 3.63) is 30.1 Å². The van der Waals surface area contributed by atoms with Crippen LogP contribution in [0.4, 0.5) is 39.5 Å². The summed E-state index contributed by atoms with van der Waals surface area (Å²) >= 11 is 0. The third kappa shape index (κ3) is 14.2. The first-order valence-electron chi connectivity index (χ1n) is 13.4. The second-order valence-electron chi connectivity index (χ2n) is 10.6. The predicted molar refractivity (Wildman–Crippen MR) is 137 cm³/mol. The van der Waals surface area contributed by atoms with Gasteiger partial charge in [0.25, 0.3) is 0 Å². The Morgan fingerprint density at radius 3 is 1.71 bits per heavy atom. The van der Waals surface area contributed by atoms with Crippen molar-refractivity contribution in [2.24, 2.45) is 5.41 Å². The summed E-state index contributed by atoms with van der Waals surface area (Å²) in [6.07, 6.45) is -3.02. The van der Waals surface area contributed by atoms with E-state index in [0.717, 1.165) is 19.2 Å². The molecule has 4 rings (SSSR count). The normalized spacial score (nSPS) is 20.4. The Kier molecular flexibility index (Phi) is 15.0. The summed E-state index contributed by atoms with van der Waals surface area (Å²) in [5, 5.41) is 21.4. The van der Waals surface area contributed by atoms with Crippen LogP contribution >= 0.6 is 0 Å². The van der Waals surface area contributed by atoms with E-state index in [-0.39, 0.29) is 0 Å². The quantitative estimate of drug-likeness (QED) is 0.373. The van der Waals surface area contributed by atoms with E-state index in [9.17, 15) is 39.5 Å². The highest BCUT2D eigenvalue weighted by Crippen LogP contribution is 2.45. The lowest BCUT2D eigenvalue weighted by Crippen LogP contribution is -2.48. The van der Waals surface area contributed by atoms with Crippen LogP contribution in [0.1, 0.15) is 44.1 Å². The number of ether oxygens (including phenoxy) is 1. The summed E-state index contributed by atoms with van der Waals surface area (Å²) in [5.41, 5.74) is 1.84. The van der Waals surface area contributed by atoms with Crippen LogP contribution in [0.2, 0.25) is 0 Å². The number of alkyl halides is 9. The van der Waals surface area contributed by atoms with Gasteiger partial charge in [0.1, 0.15) is 0 Å². The zero-order chi connectivity index (χ0) is 34.6. The fourth-order valence-corrected chi connectivity index (χ4v) is 5.00. The number of carbonyl (C=O) groups is 3. The maximum absolute atomic E-state index is 10.6. The van der Waals surface area contributed by atoms with Crippen molar-refractivity contribution < 1.29 is 74.0 Å². The van der Waals surface area contributed by atoms with Crippen molar-refractivity contribution in [3.8, 4) is 0 Å². The summed E-state index contributed by atoms with van der Waals surface area (Å²) in [6, 6.07) is 5.71. The molecule has 1 aromatic heterocycles. The lowest BCUT2D eigenvalue weighted by Gasteiger charge is -2.45. The zero-order valence-corrected chi connectivity index (χ0v) is 24.0. The molecule has 0 aromatic carbocycles. The molecule has 3 heterocycles. The average Bonchev–Trinajstić information content (AvgIpc) is 3.20. The average molecular weight is 672 g/mol. The summed E-state index contributed by atoms with van der Waals surface area (Å²) in [6.45, 7) is 5.72. The predicted octanol–water partition coefficient (Wildman–Crippen LogP) is 4.84. The first kappa shape index (κ1) is 39.8. The van der Waals surface area contributed by atoms with Crippen molar-refractivity contribution in [2.45, 2.75) is 75.7 Å². The molecule has 1 aliphatic carbocycles. The third-order valence-corrected chi connectivity index (χ3v) is 7.37. The van der Waals surface area contributed by atoms with E-state index in [1.54, 1.807) is 0 Å². The lowest BCUT2D eigenvalue weighted by atomic mass is 9.75. The van der Waals surface area contributed by atoms with E-state index in [4.69, 9.17) is 34.4 Å². The molecular weight excluding hydrogens is 637 g/mol. The molecule has 3 N–H and O–H groups in total. The number of likely N-dealkylation sites (tertiary alicyclic amines) is 2. The van der Waals surface area contributed by atoms with E-state index in [0.29, 0.717) is 11.5 Å². The van der Waals surface area contributed by atoms with E-state index in [1.165, 1.54) is 63.7 Å². The Labute approximate surface area is 251 Å². The number of nitrogens with zero attached hydrogens (tertiary/aromatic N) is 3. The molecule has 19 heteroatoms. The minimum Gasteiger partial charge on any atom is -0.475 e. The minimum atomic E-state index is -5.08. The Balaban J connectivity index is 0.000000396. The molecule has 2 aliphatic heterocycles. The Morgan fingerprint density at radius 1 is 0.911 bits per heavy atom. The fourth-order valence-electron chi connectivity index (χ4n) is 5.00. The van der Waals surface area contributed by atoms with Crippen molar-refractivity contribution in [1.82, 2.24) is 14.8 Å². The number of hydrogen-bond acceptors (Lipinski definition) is 7. The van der Waals surface area contributed by atoms with Crippen molar-refractivity contribution in [3.63, 3.8) is 0 Å². The molecule has 1 unspecified atom stereocenters. The number of methoxy groups -OCH3 is 1. The van der Waals surface area contributed by atoms with Gasteiger partial charge >= 0.3 is 36.4 Å². The molecule has 0 bridgehead atoms. The number of halogens is 9. The minimum absolute atomic E-state index is 0.519. The molecule has 3 aliphatic rings. The summed E-state index contributed by atoms with van der Waals surface area (Å²) < 4.78 is 101. The van der Waals surface area contributed by atoms with Gasteiger partial charge in [-0.1, -0.05) is 12.5 Å². The van der Waals surface area contributed by atoms with E-state index in [2.05, 4.69) is 20.9 Å². The van der Waals surface area contributed by atoms with Crippen LogP contribution in [0.5, 0.6) is 0 Å². The third-order valence-electron chi connectivity index (χ3n) is 7.37. The van der Waals surface area contributed by atoms with Gasteiger partial charge in [-0.3, -0.25) is 9.88 Å². The number of aromatic nitrogens is 1. The monoisotopic (exact) mass is 671 g/mol. The Hall–Kier alpha value is -3.19. The van der Waals surface area contributed by atoms with Crippen LogP contribution in [0.15, 0.2) is 24.5 Å². The summed E-state index contributed by atoms with van der Waals surface area (Å²) in [7, 11) is 1.84. The maximum Gasteiger partial charge on any atom is 0.490 e. The van der Waals surface area contributed by atoms with E-state index >= 15 is 0 Å². The van der Waals surface area contributed by atoms with Crippen LogP contribution in [-0.4, -0.2) is 112 Å². The second kappa shape index (κ2) is 16.9. The number of aliphatic carboxylic acids is 3. The van der Waals surface area contributed by atoms with Gasteiger partial charge in [-0.25, -0.2) is 14.4 Å². The van der Waals surface area contributed by atoms with Gasteiger partial charge in [0.05, 0.1) is 6.61 Å². The van der Waals surface area contributed by atoms with Gasteiger partial charge in [-0.15, -0.1) is 0 Å². The number of carboxylic acids is 3. The number of rotatable bonds is 5. The highest BCUT2D eigenvalue weighted by Gasteiger charge is 2.46. The SMILES string of the molecule is COCC1CC2(CCN(C3CCC3)CC2)CN1Cc1cccnc1.O=C(O)C(F)(F)F.O=C(O)C(F)(F)F.O=C(O)C(F)(F)F. The lowest BCUT2D eigenvalue weighted by molar-refractivity contribution is -0.193. The summed E-state index contributed by atoms with van der Waals surface area (Å²) in [5.74, 6) is -8.27. The van der Waals surface area contributed by atoms with Crippen molar-refractivity contribution in [2.75, 3.05) is 33.4 Å². The number of carboxylic acid groups (broad SMARTS) is 3. The smallest absolute Gasteiger partial charge is 0.475 e. The molecule has 10 nitrogen and oxygen atoms in total. The van der Waals surface area contributed by atoms with Crippen molar-refractivity contribution in [1.29, 1.82) is 0 Å². The van der Waals surface area contributed by atoms with Gasteiger partial charge < -0.3 is 25.0 Å². The molecule has 45 heavy (non-hydrogen) atoms. The van der Waals surface area contributed by atoms with Crippen LogP contribution in [0, 0.1) is 5.41 Å². The van der Waals surface area contributed by atoms with Crippen LogP contribution < -0.4 is 0 Å². The van der Waals surface area contributed by atoms with Gasteiger partial charge in [0, 0.05) is 44.7 Å². The van der Waals surface area contributed by atoms with Crippen molar-refractivity contribution >= 4 is 17.9 Å². The highest BCUT2D eigenvalue weighted by atomic mass is 19.4. The molecule has 1 saturated carbocycles. The molecule has 3 fully saturated rings. The van der Waals surface area contributed by atoms with Gasteiger partial charge in [0.15, 0.2) is 0 Å². The molecule has 258 valence electrons. The topological polar surface area (TPSA) is 140 Å². The van der Waals surface area contributed by atoms with Crippen LogP contribution in [-0.2, 0) is 25.7 Å². The van der Waals surface area contributed by atoms with Gasteiger partial charge in [0.2, 0.25) is 0 Å². The molecule has 0 radical (unpaired) electrons. The van der Waals surface area contributed by atoms with Gasteiger partial charge in [-0.05, 0) is 62.2 Å². The number of piperidine rings is 1.